The van der Waals surface area contributed by atoms with Crippen molar-refractivity contribution < 1.29 is 4.74 Å². The summed E-state index contributed by atoms with van der Waals surface area (Å²) < 4.78 is 5.91. The van der Waals surface area contributed by atoms with Gasteiger partial charge in [0.2, 0.25) is 0 Å². The summed E-state index contributed by atoms with van der Waals surface area (Å²) in [4.78, 5) is 7.96. The lowest BCUT2D eigenvalue weighted by molar-refractivity contribution is -0.0529. The minimum atomic E-state index is 0.457. The molecule has 1 aromatic rings. The highest BCUT2D eigenvalue weighted by Crippen LogP contribution is 2.56. The summed E-state index contributed by atoms with van der Waals surface area (Å²) in [5.74, 6) is 5.65. The van der Waals surface area contributed by atoms with Crippen LogP contribution < -0.4 is 10.5 Å². The summed E-state index contributed by atoms with van der Waals surface area (Å²) in [6, 6.07) is 0. The number of aromatic nitrogens is 2. The van der Waals surface area contributed by atoms with E-state index in [1.54, 1.807) is 6.20 Å². The molecule has 0 aliphatic heterocycles. The number of ether oxygens (including phenoxy) is 1. The van der Waals surface area contributed by atoms with Gasteiger partial charge in [0.05, 0.1) is 12.8 Å². The second-order valence-electron chi connectivity index (χ2n) is 6.68. The average Bonchev–Trinajstić information content (AvgIpc) is 2.39. The molecule has 4 heteroatoms. The molecule has 0 aromatic carbocycles. The van der Waals surface area contributed by atoms with E-state index in [-0.39, 0.29) is 0 Å². The molecular weight excluding hydrogens is 238 g/mol. The third-order valence-corrected chi connectivity index (χ3v) is 5.56. The Morgan fingerprint density at radius 3 is 2.42 bits per heavy atom. The predicted octanol–water partition coefficient (Wildman–Crippen LogP) is 2.51. The number of nitrogen functional groups attached to an aromatic ring is 1. The van der Waals surface area contributed by atoms with Crippen molar-refractivity contribution in [3.05, 3.63) is 12.5 Å². The Balaban J connectivity index is 1.45. The van der Waals surface area contributed by atoms with Gasteiger partial charge in [-0.3, -0.25) is 0 Å². The SMILES string of the molecule is Nc1ncncc1OCC1C2CC3CC(C2)CC1C3. The van der Waals surface area contributed by atoms with Crippen LogP contribution in [0, 0.1) is 29.6 Å². The molecule has 0 unspecified atom stereocenters. The van der Waals surface area contributed by atoms with Crippen LogP contribution in [0.5, 0.6) is 5.75 Å². The Morgan fingerprint density at radius 2 is 1.79 bits per heavy atom. The lowest BCUT2D eigenvalue weighted by atomic mass is 9.52. The summed E-state index contributed by atoms with van der Waals surface area (Å²) in [6.45, 7) is 0.798. The molecule has 4 nitrogen and oxygen atoms in total. The molecule has 4 fully saturated rings. The molecule has 4 saturated carbocycles. The largest absolute Gasteiger partial charge is 0.488 e. The molecule has 19 heavy (non-hydrogen) atoms. The number of hydrogen-bond donors (Lipinski definition) is 1. The van der Waals surface area contributed by atoms with Crippen LogP contribution in [0.25, 0.3) is 0 Å². The number of rotatable bonds is 3. The van der Waals surface area contributed by atoms with E-state index in [4.69, 9.17) is 10.5 Å². The first kappa shape index (κ1) is 11.5. The number of nitrogens with zero attached hydrogens (tertiary/aromatic N) is 2. The van der Waals surface area contributed by atoms with Crippen molar-refractivity contribution >= 4 is 5.82 Å². The van der Waals surface area contributed by atoms with Crippen LogP contribution in [-0.2, 0) is 0 Å². The number of anilines is 1. The van der Waals surface area contributed by atoms with Crippen LogP contribution in [0.3, 0.4) is 0 Å². The molecule has 4 bridgehead atoms. The van der Waals surface area contributed by atoms with E-state index >= 15 is 0 Å². The predicted molar refractivity (Wildman–Crippen MR) is 72.5 cm³/mol. The normalized spacial score (nSPS) is 39.5. The molecule has 0 saturated heterocycles. The minimum absolute atomic E-state index is 0.457. The van der Waals surface area contributed by atoms with Crippen LogP contribution in [-0.4, -0.2) is 16.6 Å². The second kappa shape index (κ2) is 4.36. The van der Waals surface area contributed by atoms with Crippen LogP contribution in [0.15, 0.2) is 12.5 Å². The lowest BCUT2D eigenvalue weighted by Gasteiger charge is -2.54. The zero-order chi connectivity index (χ0) is 12.8. The Labute approximate surface area is 113 Å². The van der Waals surface area contributed by atoms with Crippen LogP contribution in [0.4, 0.5) is 5.82 Å². The maximum absolute atomic E-state index is 5.91. The molecule has 1 aromatic heterocycles. The molecule has 4 aliphatic carbocycles. The zero-order valence-corrected chi connectivity index (χ0v) is 11.2. The van der Waals surface area contributed by atoms with E-state index in [1.165, 1.54) is 38.4 Å². The van der Waals surface area contributed by atoms with Gasteiger partial charge in [0.25, 0.3) is 0 Å². The van der Waals surface area contributed by atoms with Gasteiger partial charge in [-0.05, 0) is 61.7 Å². The quantitative estimate of drug-likeness (QED) is 0.906. The van der Waals surface area contributed by atoms with Gasteiger partial charge in [0.1, 0.15) is 6.33 Å². The maximum Gasteiger partial charge on any atom is 0.179 e. The summed E-state index contributed by atoms with van der Waals surface area (Å²) in [7, 11) is 0. The van der Waals surface area contributed by atoms with Crippen molar-refractivity contribution in [1.82, 2.24) is 9.97 Å². The highest BCUT2D eigenvalue weighted by molar-refractivity contribution is 5.42. The van der Waals surface area contributed by atoms with Crippen molar-refractivity contribution in [3.63, 3.8) is 0 Å². The molecule has 0 atom stereocenters. The third-order valence-electron chi connectivity index (χ3n) is 5.56. The average molecular weight is 259 g/mol. The first-order valence-electron chi connectivity index (χ1n) is 7.48. The van der Waals surface area contributed by atoms with Crippen LogP contribution in [0.1, 0.15) is 32.1 Å². The van der Waals surface area contributed by atoms with Crippen LogP contribution in [0.2, 0.25) is 0 Å². The fourth-order valence-corrected chi connectivity index (χ4v) is 4.93. The summed E-state index contributed by atoms with van der Waals surface area (Å²) >= 11 is 0. The smallest absolute Gasteiger partial charge is 0.179 e. The summed E-state index contributed by atoms with van der Waals surface area (Å²) in [5, 5.41) is 0. The Kier molecular flexibility index (Phi) is 2.64. The first-order chi connectivity index (χ1) is 9.29. The number of nitrogens with two attached hydrogens (primary N) is 1. The fourth-order valence-electron chi connectivity index (χ4n) is 4.93. The fraction of sp³-hybridized carbons (Fsp3) is 0.733. The van der Waals surface area contributed by atoms with E-state index in [0.717, 1.165) is 36.2 Å². The molecular formula is C15H21N3O. The highest BCUT2D eigenvalue weighted by Gasteiger charge is 2.48. The van der Waals surface area contributed by atoms with Crippen molar-refractivity contribution in [2.75, 3.05) is 12.3 Å². The molecule has 0 radical (unpaired) electrons. The summed E-state index contributed by atoms with van der Waals surface area (Å²) in [6.07, 6.45) is 10.4. The molecule has 2 N–H and O–H groups in total. The zero-order valence-electron chi connectivity index (χ0n) is 11.2. The Morgan fingerprint density at radius 1 is 1.11 bits per heavy atom. The first-order valence-corrected chi connectivity index (χ1v) is 7.48. The van der Waals surface area contributed by atoms with Crippen molar-refractivity contribution in [1.29, 1.82) is 0 Å². The molecule has 0 amide bonds. The van der Waals surface area contributed by atoms with Crippen molar-refractivity contribution in [2.24, 2.45) is 29.6 Å². The van der Waals surface area contributed by atoms with Gasteiger partial charge in [-0.2, -0.15) is 0 Å². The molecule has 0 spiro atoms. The summed E-state index contributed by atoms with van der Waals surface area (Å²) in [5.41, 5.74) is 5.80. The minimum Gasteiger partial charge on any atom is -0.488 e. The van der Waals surface area contributed by atoms with Crippen LogP contribution >= 0.6 is 0 Å². The van der Waals surface area contributed by atoms with E-state index < -0.39 is 0 Å². The molecule has 1 heterocycles. The van der Waals surface area contributed by atoms with Gasteiger partial charge in [0.15, 0.2) is 11.6 Å². The van der Waals surface area contributed by atoms with E-state index in [0.29, 0.717) is 11.6 Å². The van der Waals surface area contributed by atoms with Gasteiger partial charge in [-0.1, -0.05) is 0 Å². The topological polar surface area (TPSA) is 61.0 Å². The Bertz CT molecular complexity index is 448. The van der Waals surface area contributed by atoms with Gasteiger partial charge >= 0.3 is 0 Å². The van der Waals surface area contributed by atoms with Crippen molar-refractivity contribution in [2.45, 2.75) is 32.1 Å². The highest BCUT2D eigenvalue weighted by atomic mass is 16.5. The molecule has 4 aliphatic rings. The van der Waals surface area contributed by atoms with E-state index in [1.807, 2.05) is 0 Å². The molecule has 102 valence electrons. The van der Waals surface area contributed by atoms with Gasteiger partial charge in [-0.25, -0.2) is 9.97 Å². The maximum atomic E-state index is 5.91. The lowest BCUT2D eigenvalue weighted by Crippen LogP contribution is -2.47. The van der Waals surface area contributed by atoms with Crippen molar-refractivity contribution in [3.8, 4) is 5.75 Å². The van der Waals surface area contributed by atoms with E-state index in [9.17, 15) is 0 Å². The van der Waals surface area contributed by atoms with E-state index in [2.05, 4.69) is 9.97 Å². The van der Waals surface area contributed by atoms with Gasteiger partial charge < -0.3 is 10.5 Å². The Hall–Kier alpha value is -1.32. The third kappa shape index (κ3) is 1.97. The number of hydrogen-bond acceptors (Lipinski definition) is 4. The second-order valence-corrected chi connectivity index (χ2v) is 6.68. The van der Waals surface area contributed by atoms with Gasteiger partial charge in [-0.15, -0.1) is 0 Å². The van der Waals surface area contributed by atoms with Gasteiger partial charge in [0, 0.05) is 0 Å². The monoisotopic (exact) mass is 259 g/mol. The standard InChI is InChI=1S/C15H21N3O/c16-15-14(6-17-8-18-15)19-7-13-11-2-9-1-10(4-11)5-12(13)3-9/h6,8-13H,1-5,7H2,(H2,16,17,18). The molecule has 5 rings (SSSR count).